The standard InChI is InChI=1S/C31H38N4O2/c1-4-5-7-10-24-13-15-26(16-14-24)31(36)34-18-17-28-27(21-34)30(35-19-22(2)37-23(3)20-35)33-29(32-28)25-11-8-6-9-12-25/h6,8-9,11-16,22-23H,4-5,7,10,17-21H2,1-3H3. The van der Waals surface area contributed by atoms with Gasteiger partial charge in [-0.2, -0.15) is 0 Å². The Kier molecular flexibility index (Phi) is 7.85. The number of carbonyl (C=O) groups excluding carboxylic acids is 1. The van der Waals surface area contributed by atoms with Gasteiger partial charge in [-0.25, -0.2) is 9.97 Å². The molecule has 37 heavy (non-hydrogen) atoms. The number of carbonyl (C=O) groups is 1. The number of benzene rings is 2. The van der Waals surface area contributed by atoms with E-state index in [1.807, 2.05) is 35.2 Å². The lowest BCUT2D eigenvalue weighted by Gasteiger charge is -2.39. The minimum atomic E-state index is 0.0764. The van der Waals surface area contributed by atoms with Gasteiger partial charge in [-0.1, -0.05) is 62.2 Å². The normalized spacial score (nSPS) is 19.5. The van der Waals surface area contributed by atoms with Crippen LogP contribution in [-0.2, 0) is 24.1 Å². The summed E-state index contributed by atoms with van der Waals surface area (Å²) in [5.41, 5.74) is 5.18. The molecule has 0 N–H and O–H groups in total. The lowest BCUT2D eigenvalue weighted by Crippen LogP contribution is -2.47. The third kappa shape index (κ3) is 5.85. The van der Waals surface area contributed by atoms with Gasteiger partial charge in [-0.05, 0) is 44.4 Å². The Morgan fingerprint density at radius 3 is 2.41 bits per heavy atom. The van der Waals surface area contributed by atoms with Crippen molar-refractivity contribution in [1.82, 2.24) is 14.9 Å². The van der Waals surface area contributed by atoms with Crippen LogP contribution in [0.2, 0.25) is 0 Å². The van der Waals surface area contributed by atoms with E-state index in [2.05, 4.69) is 49.9 Å². The van der Waals surface area contributed by atoms with Gasteiger partial charge in [0.2, 0.25) is 0 Å². The molecule has 2 atom stereocenters. The van der Waals surface area contributed by atoms with Crippen LogP contribution in [0.25, 0.3) is 11.4 Å². The Bertz CT molecular complexity index is 1200. The molecule has 3 aromatic rings. The molecule has 2 aliphatic rings. The van der Waals surface area contributed by atoms with Gasteiger partial charge >= 0.3 is 0 Å². The van der Waals surface area contributed by atoms with E-state index in [1.165, 1.54) is 24.8 Å². The molecule has 1 saturated heterocycles. The highest BCUT2D eigenvalue weighted by molar-refractivity contribution is 5.94. The van der Waals surface area contributed by atoms with E-state index in [1.54, 1.807) is 0 Å². The Hall–Kier alpha value is -3.25. The van der Waals surface area contributed by atoms with Crippen LogP contribution in [0.3, 0.4) is 0 Å². The molecular weight excluding hydrogens is 460 g/mol. The molecule has 2 aliphatic heterocycles. The van der Waals surface area contributed by atoms with Gasteiger partial charge in [-0.15, -0.1) is 0 Å². The molecule has 2 aromatic carbocycles. The number of aryl methyl sites for hydroxylation is 1. The number of nitrogens with zero attached hydrogens (tertiary/aromatic N) is 4. The van der Waals surface area contributed by atoms with E-state index < -0.39 is 0 Å². The van der Waals surface area contributed by atoms with Crippen molar-refractivity contribution in [3.8, 4) is 11.4 Å². The second-order valence-electron chi connectivity index (χ2n) is 10.5. The number of amides is 1. The molecule has 6 heteroatoms. The molecular formula is C31H38N4O2. The number of aromatic nitrogens is 2. The zero-order valence-electron chi connectivity index (χ0n) is 22.3. The summed E-state index contributed by atoms with van der Waals surface area (Å²) in [5.74, 6) is 1.77. The Labute approximate surface area is 220 Å². The van der Waals surface area contributed by atoms with Gasteiger partial charge in [0.25, 0.3) is 5.91 Å². The van der Waals surface area contributed by atoms with E-state index in [9.17, 15) is 4.79 Å². The average Bonchev–Trinajstić information content (AvgIpc) is 2.92. The Balaban J connectivity index is 1.42. The summed E-state index contributed by atoms with van der Waals surface area (Å²) in [6.07, 6.45) is 5.68. The maximum Gasteiger partial charge on any atom is 0.254 e. The molecule has 1 amide bonds. The summed E-state index contributed by atoms with van der Waals surface area (Å²) in [5, 5.41) is 0. The second-order valence-corrected chi connectivity index (χ2v) is 10.5. The van der Waals surface area contributed by atoms with E-state index in [0.29, 0.717) is 13.1 Å². The first kappa shape index (κ1) is 25.4. The average molecular weight is 499 g/mol. The van der Waals surface area contributed by atoms with Crippen molar-refractivity contribution < 1.29 is 9.53 Å². The molecule has 0 spiro atoms. The molecule has 194 valence electrons. The van der Waals surface area contributed by atoms with Crippen molar-refractivity contribution in [2.75, 3.05) is 24.5 Å². The van der Waals surface area contributed by atoms with E-state index in [-0.39, 0.29) is 18.1 Å². The fourth-order valence-electron chi connectivity index (χ4n) is 5.47. The molecule has 0 aliphatic carbocycles. The van der Waals surface area contributed by atoms with Crippen molar-refractivity contribution in [2.24, 2.45) is 0 Å². The highest BCUT2D eigenvalue weighted by Gasteiger charge is 2.31. The van der Waals surface area contributed by atoms with Gasteiger partial charge in [0.05, 0.1) is 24.4 Å². The smallest absolute Gasteiger partial charge is 0.254 e. The topological polar surface area (TPSA) is 58.6 Å². The lowest BCUT2D eigenvalue weighted by molar-refractivity contribution is -0.00558. The van der Waals surface area contributed by atoms with Crippen LogP contribution in [0, 0.1) is 0 Å². The molecule has 3 heterocycles. The largest absolute Gasteiger partial charge is 0.372 e. The van der Waals surface area contributed by atoms with E-state index in [0.717, 1.165) is 60.0 Å². The quantitative estimate of drug-likeness (QED) is 0.392. The monoisotopic (exact) mass is 498 g/mol. The third-order valence-corrected chi connectivity index (χ3v) is 7.35. The van der Waals surface area contributed by atoms with Crippen LogP contribution in [0.15, 0.2) is 54.6 Å². The van der Waals surface area contributed by atoms with Crippen LogP contribution in [0.5, 0.6) is 0 Å². The highest BCUT2D eigenvalue weighted by atomic mass is 16.5. The van der Waals surface area contributed by atoms with Crippen molar-refractivity contribution >= 4 is 11.7 Å². The number of ether oxygens (including phenoxy) is 1. The summed E-state index contributed by atoms with van der Waals surface area (Å²) in [4.78, 5) is 27.9. The van der Waals surface area contributed by atoms with Crippen molar-refractivity contribution in [2.45, 2.75) is 71.6 Å². The lowest BCUT2D eigenvalue weighted by atomic mass is 10.0. The van der Waals surface area contributed by atoms with Crippen molar-refractivity contribution in [3.63, 3.8) is 0 Å². The van der Waals surface area contributed by atoms with Crippen LogP contribution in [0.4, 0.5) is 5.82 Å². The van der Waals surface area contributed by atoms with E-state index >= 15 is 0 Å². The van der Waals surface area contributed by atoms with Gasteiger partial charge in [-0.3, -0.25) is 4.79 Å². The van der Waals surface area contributed by atoms with Crippen molar-refractivity contribution in [3.05, 3.63) is 77.0 Å². The number of anilines is 1. The number of hydrogen-bond acceptors (Lipinski definition) is 5. The zero-order valence-corrected chi connectivity index (χ0v) is 22.3. The van der Waals surface area contributed by atoms with Gasteiger partial charge in [0.15, 0.2) is 5.82 Å². The maximum absolute atomic E-state index is 13.5. The summed E-state index contributed by atoms with van der Waals surface area (Å²) in [6.45, 7) is 9.16. The minimum absolute atomic E-state index is 0.0764. The van der Waals surface area contributed by atoms with Crippen LogP contribution >= 0.6 is 0 Å². The number of morpholine rings is 1. The first-order chi connectivity index (χ1) is 18.0. The molecule has 0 bridgehead atoms. The fourth-order valence-corrected chi connectivity index (χ4v) is 5.47. The van der Waals surface area contributed by atoms with Gasteiger partial charge in [0.1, 0.15) is 5.82 Å². The van der Waals surface area contributed by atoms with Crippen LogP contribution in [0.1, 0.15) is 67.2 Å². The summed E-state index contributed by atoms with van der Waals surface area (Å²) >= 11 is 0. The third-order valence-electron chi connectivity index (χ3n) is 7.35. The second kappa shape index (κ2) is 11.4. The Morgan fingerprint density at radius 2 is 1.70 bits per heavy atom. The zero-order chi connectivity index (χ0) is 25.8. The van der Waals surface area contributed by atoms with E-state index in [4.69, 9.17) is 14.7 Å². The Morgan fingerprint density at radius 1 is 0.973 bits per heavy atom. The predicted molar refractivity (Wildman–Crippen MR) is 148 cm³/mol. The van der Waals surface area contributed by atoms with Crippen LogP contribution < -0.4 is 4.90 Å². The molecule has 0 saturated carbocycles. The fraction of sp³-hybridized carbons (Fsp3) is 0.452. The number of unbranched alkanes of at least 4 members (excludes halogenated alkanes) is 2. The molecule has 6 nitrogen and oxygen atoms in total. The first-order valence-corrected chi connectivity index (χ1v) is 13.8. The maximum atomic E-state index is 13.5. The first-order valence-electron chi connectivity index (χ1n) is 13.8. The number of hydrogen-bond donors (Lipinski definition) is 0. The molecule has 1 aromatic heterocycles. The summed E-state index contributed by atoms with van der Waals surface area (Å²) in [6, 6.07) is 18.4. The summed E-state index contributed by atoms with van der Waals surface area (Å²) < 4.78 is 6.00. The van der Waals surface area contributed by atoms with Crippen LogP contribution in [-0.4, -0.2) is 52.6 Å². The van der Waals surface area contributed by atoms with Crippen molar-refractivity contribution in [1.29, 1.82) is 0 Å². The van der Waals surface area contributed by atoms with Gasteiger partial charge < -0.3 is 14.5 Å². The van der Waals surface area contributed by atoms with Gasteiger partial charge in [0, 0.05) is 42.7 Å². The number of fused-ring (bicyclic) bond motifs is 1. The SMILES string of the molecule is CCCCCc1ccc(C(=O)N2CCc3nc(-c4ccccc4)nc(N4CC(C)OC(C)C4)c3C2)cc1. The summed E-state index contributed by atoms with van der Waals surface area (Å²) in [7, 11) is 0. The predicted octanol–water partition coefficient (Wildman–Crippen LogP) is 5.69. The highest BCUT2D eigenvalue weighted by Crippen LogP contribution is 2.32. The minimum Gasteiger partial charge on any atom is -0.372 e. The molecule has 1 fully saturated rings. The molecule has 2 unspecified atom stereocenters. The molecule has 5 rings (SSSR count). The molecule has 0 radical (unpaired) electrons. The number of rotatable bonds is 7.